The summed E-state index contributed by atoms with van der Waals surface area (Å²) in [5.41, 5.74) is 1.06. The van der Waals surface area contributed by atoms with E-state index in [0.717, 1.165) is 10.1 Å². The van der Waals surface area contributed by atoms with Gasteiger partial charge in [0, 0.05) is 4.48 Å². The quantitative estimate of drug-likeness (QED) is 0.597. The van der Waals surface area contributed by atoms with E-state index >= 15 is 0 Å². The Labute approximate surface area is 85.2 Å². The third-order valence-electron chi connectivity index (χ3n) is 0.710. The first-order valence-corrected chi connectivity index (χ1v) is 5.03. The predicted molar refractivity (Wildman–Crippen MR) is 62.6 cm³/mol. The van der Waals surface area contributed by atoms with Crippen LogP contribution in [0.2, 0.25) is 0 Å². The van der Waals surface area contributed by atoms with Crippen molar-refractivity contribution < 1.29 is 0 Å². The molecule has 0 radical (unpaired) electrons. The van der Waals surface area contributed by atoms with E-state index in [2.05, 4.69) is 36.4 Å². The van der Waals surface area contributed by atoms with Gasteiger partial charge in [0.05, 0.1) is 0 Å². The van der Waals surface area contributed by atoms with Crippen molar-refractivity contribution in [3.8, 4) is 0 Å². The SMILES string of the molecule is C=C(C)/C=C(Br)\C=C/C.CCC. The Balaban J connectivity index is 0. The van der Waals surface area contributed by atoms with E-state index in [1.807, 2.05) is 32.1 Å². The monoisotopic (exact) mass is 230 g/mol. The average molecular weight is 231 g/mol. The van der Waals surface area contributed by atoms with Gasteiger partial charge in [-0.25, -0.2) is 0 Å². The Morgan fingerprint density at radius 3 is 2.08 bits per heavy atom. The molecule has 70 valence electrons. The molecule has 0 heterocycles. The van der Waals surface area contributed by atoms with Crippen LogP contribution in [0, 0.1) is 0 Å². The standard InChI is InChI=1S/C8H11Br.C3H8/c1-4-5-8(9)6-7(2)3;1-3-2/h4-6H,2H2,1,3H3;3H2,1-2H3/b5-4-,8-6+;. The lowest BCUT2D eigenvalue weighted by atomic mass is 10.3. The highest BCUT2D eigenvalue weighted by molar-refractivity contribution is 9.11. The van der Waals surface area contributed by atoms with Crippen LogP contribution in [-0.4, -0.2) is 0 Å². The molecule has 0 aliphatic rings. The first-order chi connectivity index (χ1) is 5.58. The lowest BCUT2D eigenvalue weighted by molar-refractivity contribution is 1.09. The molecule has 0 aromatic carbocycles. The van der Waals surface area contributed by atoms with Gasteiger partial charge in [-0.05, 0) is 19.9 Å². The number of halogens is 1. The minimum absolute atomic E-state index is 1.06. The van der Waals surface area contributed by atoms with Gasteiger partial charge < -0.3 is 0 Å². The summed E-state index contributed by atoms with van der Waals surface area (Å²) in [5, 5.41) is 0. The topological polar surface area (TPSA) is 0 Å². The number of allylic oxidation sites excluding steroid dienone is 5. The van der Waals surface area contributed by atoms with Gasteiger partial charge in [-0.2, -0.15) is 0 Å². The van der Waals surface area contributed by atoms with Gasteiger partial charge in [0.2, 0.25) is 0 Å². The Kier molecular flexibility index (Phi) is 12.7. The number of hydrogen-bond acceptors (Lipinski definition) is 0. The molecule has 0 aromatic heterocycles. The van der Waals surface area contributed by atoms with E-state index < -0.39 is 0 Å². The molecule has 12 heavy (non-hydrogen) atoms. The molecule has 0 saturated carbocycles. The first-order valence-electron chi connectivity index (χ1n) is 4.23. The first kappa shape index (κ1) is 14.2. The van der Waals surface area contributed by atoms with Crippen LogP contribution in [0.3, 0.4) is 0 Å². The van der Waals surface area contributed by atoms with Crippen LogP contribution in [-0.2, 0) is 0 Å². The molecule has 0 bridgehead atoms. The van der Waals surface area contributed by atoms with Crippen molar-refractivity contribution in [1.82, 2.24) is 0 Å². The summed E-state index contributed by atoms with van der Waals surface area (Å²) in [6.07, 6.45) is 7.18. The molecule has 0 fully saturated rings. The van der Waals surface area contributed by atoms with Crippen LogP contribution in [0.25, 0.3) is 0 Å². The summed E-state index contributed by atoms with van der Waals surface area (Å²) in [7, 11) is 0. The van der Waals surface area contributed by atoms with E-state index in [4.69, 9.17) is 0 Å². The van der Waals surface area contributed by atoms with Gasteiger partial charge >= 0.3 is 0 Å². The van der Waals surface area contributed by atoms with Gasteiger partial charge in [-0.3, -0.25) is 0 Å². The molecule has 0 rings (SSSR count). The smallest absolute Gasteiger partial charge is 0.0174 e. The maximum atomic E-state index is 3.74. The van der Waals surface area contributed by atoms with E-state index in [1.54, 1.807) is 0 Å². The molecular formula is C11H19Br. The Bertz CT molecular complexity index is 164. The molecular weight excluding hydrogens is 212 g/mol. The van der Waals surface area contributed by atoms with Crippen molar-refractivity contribution >= 4 is 15.9 Å². The maximum absolute atomic E-state index is 3.74. The van der Waals surface area contributed by atoms with E-state index in [9.17, 15) is 0 Å². The molecule has 0 nitrogen and oxygen atoms in total. The minimum Gasteiger partial charge on any atom is -0.0961 e. The summed E-state index contributed by atoms with van der Waals surface area (Å²) in [5.74, 6) is 0. The number of hydrogen-bond donors (Lipinski definition) is 0. The third kappa shape index (κ3) is 16.4. The molecule has 1 heteroatoms. The van der Waals surface area contributed by atoms with E-state index in [0.29, 0.717) is 0 Å². The molecule has 0 amide bonds. The van der Waals surface area contributed by atoms with Crippen molar-refractivity contribution in [3.63, 3.8) is 0 Å². The lowest BCUT2D eigenvalue weighted by Gasteiger charge is -1.87. The molecule has 0 atom stereocenters. The van der Waals surface area contributed by atoms with Crippen LogP contribution in [0.4, 0.5) is 0 Å². The fourth-order valence-corrected chi connectivity index (χ4v) is 1.10. The zero-order valence-electron chi connectivity index (χ0n) is 8.52. The van der Waals surface area contributed by atoms with Crippen molar-refractivity contribution in [2.24, 2.45) is 0 Å². The fourth-order valence-electron chi connectivity index (χ4n) is 0.443. The molecule has 0 aliphatic carbocycles. The second kappa shape index (κ2) is 10.7. The largest absolute Gasteiger partial charge is 0.0961 e. The highest BCUT2D eigenvalue weighted by Crippen LogP contribution is 2.08. The zero-order chi connectivity index (χ0) is 9.98. The molecule has 0 spiro atoms. The van der Waals surface area contributed by atoms with Gasteiger partial charge in [0.1, 0.15) is 0 Å². The second-order valence-corrected chi connectivity index (χ2v) is 3.50. The van der Waals surface area contributed by atoms with Crippen LogP contribution >= 0.6 is 15.9 Å². The van der Waals surface area contributed by atoms with Gasteiger partial charge in [-0.1, -0.05) is 60.5 Å². The summed E-state index contributed by atoms with van der Waals surface area (Å²) < 4.78 is 1.07. The van der Waals surface area contributed by atoms with Gasteiger partial charge in [0.15, 0.2) is 0 Å². The molecule has 0 saturated heterocycles. The Morgan fingerprint density at radius 1 is 1.42 bits per heavy atom. The Hall–Kier alpha value is -0.300. The van der Waals surface area contributed by atoms with Crippen LogP contribution in [0.1, 0.15) is 34.1 Å². The van der Waals surface area contributed by atoms with E-state index in [-0.39, 0.29) is 0 Å². The lowest BCUT2D eigenvalue weighted by Crippen LogP contribution is -1.64. The Morgan fingerprint density at radius 2 is 1.83 bits per heavy atom. The highest BCUT2D eigenvalue weighted by atomic mass is 79.9. The van der Waals surface area contributed by atoms with E-state index in [1.165, 1.54) is 6.42 Å². The van der Waals surface area contributed by atoms with Crippen LogP contribution in [0.15, 0.2) is 34.9 Å². The summed E-state index contributed by atoms with van der Waals surface area (Å²) in [6, 6.07) is 0. The summed E-state index contributed by atoms with van der Waals surface area (Å²) >= 11 is 3.35. The molecule has 0 N–H and O–H groups in total. The predicted octanol–water partition coefficient (Wildman–Crippen LogP) is 4.83. The molecule has 0 aromatic rings. The molecule has 0 unspecified atom stereocenters. The third-order valence-corrected chi connectivity index (χ3v) is 1.20. The van der Waals surface area contributed by atoms with Crippen molar-refractivity contribution in [3.05, 3.63) is 34.9 Å². The maximum Gasteiger partial charge on any atom is 0.0174 e. The normalized spacial score (nSPS) is 10.9. The number of rotatable bonds is 2. The average Bonchev–Trinajstić information content (AvgIpc) is 1.87. The summed E-state index contributed by atoms with van der Waals surface area (Å²) in [4.78, 5) is 0. The highest BCUT2D eigenvalue weighted by Gasteiger charge is 1.80. The van der Waals surface area contributed by atoms with Crippen LogP contribution < -0.4 is 0 Å². The zero-order valence-corrected chi connectivity index (χ0v) is 10.1. The van der Waals surface area contributed by atoms with Gasteiger partial charge in [0.25, 0.3) is 0 Å². The summed E-state index contributed by atoms with van der Waals surface area (Å²) in [6.45, 7) is 11.9. The van der Waals surface area contributed by atoms with Crippen molar-refractivity contribution in [2.75, 3.05) is 0 Å². The second-order valence-electron chi connectivity index (χ2n) is 2.58. The minimum atomic E-state index is 1.06. The van der Waals surface area contributed by atoms with Crippen LogP contribution in [0.5, 0.6) is 0 Å². The fraction of sp³-hybridized carbons (Fsp3) is 0.455. The molecule has 0 aliphatic heterocycles. The van der Waals surface area contributed by atoms with Crippen molar-refractivity contribution in [1.29, 1.82) is 0 Å². The van der Waals surface area contributed by atoms with Crippen molar-refractivity contribution in [2.45, 2.75) is 34.1 Å². The van der Waals surface area contributed by atoms with Gasteiger partial charge in [-0.15, -0.1) is 0 Å².